The van der Waals surface area contributed by atoms with Crippen molar-refractivity contribution in [1.29, 1.82) is 0 Å². The average molecular weight is 295 g/mol. The number of aryl methyl sites for hydroxylation is 1. The standard InChI is InChI=1S/C14H19ClN4O/c1-4-6-17-13(10-5-7-16-8-11(10)15)14-12(20-3)9-18-19(14)2/h5,7-9,13,17H,4,6H2,1-3H3. The van der Waals surface area contributed by atoms with Gasteiger partial charge >= 0.3 is 0 Å². The number of pyridine rings is 1. The van der Waals surface area contributed by atoms with E-state index in [-0.39, 0.29) is 6.04 Å². The summed E-state index contributed by atoms with van der Waals surface area (Å²) < 4.78 is 7.21. The van der Waals surface area contributed by atoms with E-state index in [2.05, 4.69) is 22.3 Å². The molecule has 0 aliphatic carbocycles. The third kappa shape index (κ3) is 2.94. The quantitative estimate of drug-likeness (QED) is 0.889. The average Bonchev–Trinajstić information content (AvgIpc) is 2.82. The van der Waals surface area contributed by atoms with Gasteiger partial charge in [0.1, 0.15) is 5.69 Å². The van der Waals surface area contributed by atoms with Gasteiger partial charge in [-0.25, -0.2) is 0 Å². The van der Waals surface area contributed by atoms with Crippen LogP contribution < -0.4 is 10.1 Å². The third-order valence-electron chi connectivity index (χ3n) is 3.16. The Labute approximate surface area is 123 Å². The zero-order valence-electron chi connectivity index (χ0n) is 11.9. The molecular weight excluding hydrogens is 276 g/mol. The lowest BCUT2D eigenvalue weighted by molar-refractivity contribution is 0.400. The lowest BCUT2D eigenvalue weighted by Crippen LogP contribution is -2.26. The number of rotatable bonds is 6. The molecule has 0 spiro atoms. The molecule has 0 radical (unpaired) electrons. The Hall–Kier alpha value is -1.59. The number of halogens is 1. The molecule has 5 nitrogen and oxygen atoms in total. The lowest BCUT2D eigenvalue weighted by atomic mass is 10.0. The van der Waals surface area contributed by atoms with Crippen LogP contribution in [0.3, 0.4) is 0 Å². The first-order valence-corrected chi connectivity index (χ1v) is 6.95. The number of nitrogens with one attached hydrogen (secondary N) is 1. The fourth-order valence-electron chi connectivity index (χ4n) is 2.18. The van der Waals surface area contributed by atoms with E-state index in [0.717, 1.165) is 30.0 Å². The van der Waals surface area contributed by atoms with Gasteiger partial charge in [0, 0.05) is 19.4 Å². The second-order valence-corrected chi connectivity index (χ2v) is 4.91. The van der Waals surface area contributed by atoms with E-state index in [1.807, 2.05) is 17.8 Å². The summed E-state index contributed by atoms with van der Waals surface area (Å²) in [5.74, 6) is 0.744. The molecule has 0 saturated heterocycles. The number of ether oxygens (including phenoxy) is 1. The highest BCUT2D eigenvalue weighted by Gasteiger charge is 2.23. The molecule has 1 unspecified atom stereocenters. The first-order chi connectivity index (χ1) is 9.69. The molecule has 1 atom stereocenters. The van der Waals surface area contributed by atoms with Crippen molar-refractivity contribution in [2.45, 2.75) is 19.4 Å². The predicted octanol–water partition coefficient (Wildman–Crippen LogP) is 2.57. The second kappa shape index (κ2) is 6.72. The minimum Gasteiger partial charge on any atom is -0.493 e. The summed E-state index contributed by atoms with van der Waals surface area (Å²) in [5.41, 5.74) is 1.92. The maximum Gasteiger partial charge on any atom is 0.161 e. The van der Waals surface area contributed by atoms with Gasteiger partial charge in [-0.05, 0) is 24.6 Å². The fourth-order valence-corrected chi connectivity index (χ4v) is 2.40. The zero-order valence-corrected chi connectivity index (χ0v) is 12.7. The molecule has 2 aromatic rings. The topological polar surface area (TPSA) is 52.0 Å². The number of hydrogen-bond donors (Lipinski definition) is 1. The predicted molar refractivity (Wildman–Crippen MR) is 79.1 cm³/mol. The summed E-state index contributed by atoms with van der Waals surface area (Å²) in [6, 6.07) is 1.84. The van der Waals surface area contributed by atoms with Gasteiger partial charge in [0.25, 0.3) is 0 Å². The molecule has 2 heterocycles. The summed E-state index contributed by atoms with van der Waals surface area (Å²) >= 11 is 6.29. The van der Waals surface area contributed by atoms with Crippen molar-refractivity contribution in [3.63, 3.8) is 0 Å². The van der Waals surface area contributed by atoms with E-state index >= 15 is 0 Å². The summed E-state index contributed by atoms with van der Waals surface area (Å²) in [5, 5.41) is 8.38. The van der Waals surface area contributed by atoms with E-state index in [9.17, 15) is 0 Å². The van der Waals surface area contributed by atoms with Crippen molar-refractivity contribution in [3.8, 4) is 5.75 Å². The van der Waals surface area contributed by atoms with Crippen LogP contribution in [0.5, 0.6) is 5.75 Å². The molecule has 2 rings (SSSR count). The first-order valence-electron chi connectivity index (χ1n) is 6.57. The molecule has 108 valence electrons. The molecular formula is C14H19ClN4O. The van der Waals surface area contributed by atoms with E-state index in [1.54, 1.807) is 25.7 Å². The van der Waals surface area contributed by atoms with Crippen LogP contribution in [0.25, 0.3) is 0 Å². The van der Waals surface area contributed by atoms with E-state index in [4.69, 9.17) is 16.3 Å². The third-order valence-corrected chi connectivity index (χ3v) is 3.47. The maximum atomic E-state index is 6.29. The molecule has 20 heavy (non-hydrogen) atoms. The number of aromatic nitrogens is 3. The second-order valence-electron chi connectivity index (χ2n) is 4.51. The van der Waals surface area contributed by atoms with Crippen LogP contribution in [0, 0.1) is 0 Å². The van der Waals surface area contributed by atoms with Gasteiger partial charge in [0.05, 0.1) is 24.4 Å². The Morgan fingerprint density at radius 3 is 2.90 bits per heavy atom. The van der Waals surface area contributed by atoms with Gasteiger partial charge in [-0.3, -0.25) is 9.67 Å². The smallest absolute Gasteiger partial charge is 0.161 e. The first kappa shape index (κ1) is 14.8. The minimum absolute atomic E-state index is 0.0760. The Balaban J connectivity index is 2.47. The molecule has 0 amide bonds. The summed E-state index contributed by atoms with van der Waals surface area (Å²) in [4.78, 5) is 4.04. The summed E-state index contributed by atoms with van der Waals surface area (Å²) in [7, 11) is 3.54. The molecule has 0 aromatic carbocycles. The van der Waals surface area contributed by atoms with Crippen LogP contribution in [0.4, 0.5) is 0 Å². The lowest BCUT2D eigenvalue weighted by Gasteiger charge is -2.21. The Bertz CT molecular complexity index is 570. The van der Waals surface area contributed by atoms with E-state index in [1.165, 1.54) is 0 Å². The van der Waals surface area contributed by atoms with Crippen molar-refractivity contribution in [3.05, 3.63) is 40.9 Å². The van der Waals surface area contributed by atoms with Crippen molar-refractivity contribution < 1.29 is 4.74 Å². The molecule has 0 aliphatic rings. The van der Waals surface area contributed by atoms with Crippen molar-refractivity contribution in [1.82, 2.24) is 20.1 Å². The molecule has 1 N–H and O–H groups in total. The van der Waals surface area contributed by atoms with Gasteiger partial charge in [-0.2, -0.15) is 5.10 Å². The molecule has 0 saturated carbocycles. The van der Waals surface area contributed by atoms with Gasteiger partial charge in [0.15, 0.2) is 5.75 Å². The normalized spacial score (nSPS) is 12.4. The highest BCUT2D eigenvalue weighted by atomic mass is 35.5. The molecule has 0 aliphatic heterocycles. The van der Waals surface area contributed by atoms with Crippen molar-refractivity contribution in [2.75, 3.05) is 13.7 Å². The Morgan fingerprint density at radius 1 is 1.45 bits per heavy atom. The largest absolute Gasteiger partial charge is 0.493 e. The highest BCUT2D eigenvalue weighted by Crippen LogP contribution is 2.32. The number of nitrogens with zero attached hydrogens (tertiary/aromatic N) is 3. The molecule has 0 bridgehead atoms. The van der Waals surface area contributed by atoms with Crippen LogP contribution in [0.1, 0.15) is 30.6 Å². The van der Waals surface area contributed by atoms with E-state index in [0.29, 0.717) is 5.02 Å². The van der Waals surface area contributed by atoms with Crippen molar-refractivity contribution in [2.24, 2.45) is 7.05 Å². The number of methoxy groups -OCH3 is 1. The van der Waals surface area contributed by atoms with Gasteiger partial charge in [0.2, 0.25) is 0 Å². The van der Waals surface area contributed by atoms with Crippen LogP contribution >= 0.6 is 11.6 Å². The van der Waals surface area contributed by atoms with Gasteiger partial charge in [-0.1, -0.05) is 18.5 Å². The van der Waals surface area contributed by atoms with Crippen LogP contribution in [-0.4, -0.2) is 28.4 Å². The Morgan fingerprint density at radius 2 is 2.25 bits per heavy atom. The SMILES string of the molecule is CCCNC(c1ccncc1Cl)c1c(OC)cnn1C. The molecule has 2 aromatic heterocycles. The fraction of sp³-hybridized carbons (Fsp3) is 0.429. The van der Waals surface area contributed by atoms with Crippen molar-refractivity contribution >= 4 is 11.6 Å². The van der Waals surface area contributed by atoms with Gasteiger partial charge < -0.3 is 10.1 Å². The van der Waals surface area contributed by atoms with Crippen LogP contribution in [-0.2, 0) is 7.05 Å². The molecule has 0 fully saturated rings. The highest BCUT2D eigenvalue weighted by molar-refractivity contribution is 6.31. The maximum absolute atomic E-state index is 6.29. The minimum atomic E-state index is -0.0760. The van der Waals surface area contributed by atoms with Crippen LogP contribution in [0.15, 0.2) is 24.7 Å². The van der Waals surface area contributed by atoms with Gasteiger partial charge in [-0.15, -0.1) is 0 Å². The Kier molecular flexibility index (Phi) is 4.98. The number of hydrogen-bond acceptors (Lipinski definition) is 4. The zero-order chi connectivity index (χ0) is 14.5. The molecule has 6 heteroatoms. The monoisotopic (exact) mass is 294 g/mol. The summed E-state index contributed by atoms with van der Waals surface area (Å²) in [6.45, 7) is 3.00. The van der Waals surface area contributed by atoms with E-state index < -0.39 is 0 Å². The summed E-state index contributed by atoms with van der Waals surface area (Å²) in [6.07, 6.45) is 6.13. The van der Waals surface area contributed by atoms with Crippen LogP contribution in [0.2, 0.25) is 5.02 Å².